The first-order valence-electron chi connectivity index (χ1n) is 50.9. The van der Waals surface area contributed by atoms with E-state index >= 15 is 0 Å². The number of aliphatic hydroxyl groups is 2. The molecule has 0 radical (unpaired) electrons. The van der Waals surface area contributed by atoms with Crippen LogP contribution in [0, 0.1) is 17.2 Å². The second-order valence-electron chi connectivity index (χ2n) is 39.7. The molecule has 0 saturated carbocycles. The van der Waals surface area contributed by atoms with Gasteiger partial charge in [0, 0.05) is 84.1 Å². The second kappa shape index (κ2) is 54.2. The number of carboxylic acid groups (broad SMARTS) is 2. The van der Waals surface area contributed by atoms with Gasteiger partial charge in [-0.25, -0.2) is 14.8 Å². The molecule has 53 nitrogen and oxygen atoms in total. The minimum absolute atomic E-state index is 0.00475. The highest BCUT2D eigenvalue weighted by molar-refractivity contribution is 6.03. The van der Waals surface area contributed by atoms with Crippen LogP contribution in [-0.2, 0) is 114 Å². The summed E-state index contributed by atoms with van der Waals surface area (Å²) in [4.78, 5) is 320. The number of likely N-dealkylation sites (tertiary alicyclic amines) is 8. The van der Waals surface area contributed by atoms with Gasteiger partial charge in [0.05, 0.1) is 49.7 Å². The van der Waals surface area contributed by atoms with Gasteiger partial charge in [0.15, 0.2) is 5.96 Å². The molecule has 8 aliphatic heterocycles. The molecule has 2 aromatic rings. The molecule has 0 spiro atoms. The average molecular weight is 2070 g/mol. The van der Waals surface area contributed by atoms with Crippen LogP contribution in [0.1, 0.15) is 208 Å². The molecule has 8 fully saturated rings. The first kappa shape index (κ1) is 115. The first-order valence-corrected chi connectivity index (χ1v) is 50.9. The van der Waals surface area contributed by atoms with Gasteiger partial charge in [0.25, 0.3) is 0 Å². The largest absolute Gasteiger partial charge is 0.481 e. The van der Waals surface area contributed by atoms with Gasteiger partial charge >= 0.3 is 11.9 Å². The fraction of sp³-hybridized carbons (Fsp3) is 0.702. The molecule has 20 atom stereocenters. The van der Waals surface area contributed by atoms with Crippen LogP contribution < -0.4 is 81.0 Å². The number of imidazole rings is 2. The summed E-state index contributed by atoms with van der Waals surface area (Å²) >= 11 is 0. The van der Waals surface area contributed by atoms with Crippen molar-refractivity contribution in [2.45, 2.75) is 330 Å². The summed E-state index contributed by atoms with van der Waals surface area (Å²) in [6, 6.07) is -26.3. The lowest BCUT2D eigenvalue weighted by molar-refractivity contribution is -0.154. The Morgan fingerprint density at radius 3 is 1.16 bits per heavy atom. The number of aromatic amines is 2. The van der Waals surface area contributed by atoms with E-state index in [9.17, 15) is 121 Å². The lowest BCUT2D eigenvalue weighted by atomic mass is 10.0. The van der Waals surface area contributed by atoms with Crippen molar-refractivity contribution in [2.24, 2.45) is 29.0 Å². The highest BCUT2D eigenvalue weighted by atomic mass is 16.4. The number of aliphatic carboxylic acids is 2. The van der Waals surface area contributed by atoms with Gasteiger partial charge in [0.1, 0.15) is 115 Å². The molecule has 0 bridgehead atoms. The Bertz CT molecular complexity index is 5050. The number of amides is 19. The van der Waals surface area contributed by atoms with Crippen molar-refractivity contribution < 1.29 is 121 Å². The van der Waals surface area contributed by atoms with Crippen LogP contribution in [0.3, 0.4) is 0 Å². The monoisotopic (exact) mass is 2070 g/mol. The summed E-state index contributed by atoms with van der Waals surface area (Å²) in [5.41, 5.74) is 18.2. The van der Waals surface area contributed by atoms with E-state index in [2.05, 4.69) is 83.7 Å². The molecule has 0 aliphatic carbocycles. The predicted molar refractivity (Wildman–Crippen MR) is 519 cm³/mol. The number of guanidine groups is 1. The minimum Gasteiger partial charge on any atom is -0.481 e. The molecular weight excluding hydrogens is 1920 g/mol. The van der Waals surface area contributed by atoms with E-state index in [-0.39, 0.29) is 186 Å². The Morgan fingerprint density at radius 1 is 0.388 bits per heavy atom. The molecule has 0 aromatic carbocycles. The number of aromatic nitrogens is 4. The third-order valence-corrected chi connectivity index (χ3v) is 28.1. The number of carboxylic acids is 2. The normalized spacial score (nSPS) is 22.2. The number of H-pyrrole nitrogens is 2. The predicted octanol–water partition coefficient (Wildman–Crippen LogP) is -7.80. The van der Waals surface area contributed by atoms with Gasteiger partial charge in [-0.15, -0.1) is 0 Å². The zero-order chi connectivity index (χ0) is 107. The summed E-state index contributed by atoms with van der Waals surface area (Å²) < 4.78 is 0. The average Bonchev–Trinajstić information content (AvgIpc) is 1.63. The summed E-state index contributed by atoms with van der Waals surface area (Å²) in [5.74, 6) is -18.8. The maximum Gasteiger partial charge on any atom is 0.326 e. The number of aliphatic hydroxyl groups excluding tert-OH is 2. The van der Waals surface area contributed by atoms with Crippen LogP contribution in [0.15, 0.2) is 25.0 Å². The molecule has 812 valence electrons. The van der Waals surface area contributed by atoms with Gasteiger partial charge in [-0.05, 0) is 180 Å². The van der Waals surface area contributed by atoms with E-state index in [1.54, 1.807) is 27.7 Å². The molecule has 10 rings (SSSR count). The molecule has 0 unspecified atom stereocenters. The van der Waals surface area contributed by atoms with Crippen LogP contribution >= 0.6 is 0 Å². The van der Waals surface area contributed by atoms with Gasteiger partial charge in [-0.2, -0.15) is 0 Å². The fourth-order valence-electron chi connectivity index (χ4n) is 20.4. The number of carbonyl (C=O) groups is 21. The van der Waals surface area contributed by atoms with Crippen molar-refractivity contribution in [1.29, 1.82) is 5.41 Å². The molecule has 2 aromatic heterocycles. The Morgan fingerprint density at radius 2 is 0.741 bits per heavy atom. The van der Waals surface area contributed by atoms with Gasteiger partial charge in [-0.3, -0.25) is 101 Å². The number of nitrogens with two attached hydrogens (primary N) is 3. The molecule has 147 heavy (non-hydrogen) atoms. The van der Waals surface area contributed by atoms with Crippen molar-refractivity contribution in [3.63, 3.8) is 0 Å². The second-order valence-corrected chi connectivity index (χ2v) is 39.7. The lowest BCUT2D eigenvalue weighted by Crippen LogP contribution is -2.61. The van der Waals surface area contributed by atoms with E-state index in [0.717, 1.165) is 4.90 Å². The summed E-state index contributed by atoms with van der Waals surface area (Å²) in [6.45, 7) is 9.74. The van der Waals surface area contributed by atoms with Crippen molar-refractivity contribution >= 4 is 130 Å². The third-order valence-electron chi connectivity index (χ3n) is 28.1. The van der Waals surface area contributed by atoms with Crippen molar-refractivity contribution in [3.05, 3.63) is 36.4 Å². The zero-order valence-electron chi connectivity index (χ0n) is 84.2. The van der Waals surface area contributed by atoms with E-state index < -0.39 is 271 Å². The summed E-state index contributed by atoms with van der Waals surface area (Å²) in [7, 11) is 0. The van der Waals surface area contributed by atoms with Gasteiger partial charge in [0.2, 0.25) is 112 Å². The number of unbranched alkanes of at least 4 members (excludes halogenated alkanes) is 1. The van der Waals surface area contributed by atoms with Gasteiger partial charge in [-0.1, -0.05) is 27.7 Å². The smallest absolute Gasteiger partial charge is 0.326 e. The quantitative estimate of drug-likeness (QED) is 0.0166. The number of carbonyl (C=O) groups excluding carboxylic acids is 19. The first-order chi connectivity index (χ1) is 70.0. The summed E-state index contributed by atoms with van der Waals surface area (Å²) in [6.07, 6.45) is 9.54. The molecule has 8 saturated heterocycles. The fourth-order valence-corrected chi connectivity index (χ4v) is 20.4. The van der Waals surface area contributed by atoms with Crippen LogP contribution in [0.2, 0.25) is 0 Å². The maximum atomic E-state index is 14.7. The van der Waals surface area contributed by atoms with Crippen LogP contribution in [0.4, 0.5) is 0 Å². The van der Waals surface area contributed by atoms with Crippen LogP contribution in [0.5, 0.6) is 0 Å². The molecule has 10 heterocycles. The molecule has 8 aliphatic rings. The number of hydrogen-bond acceptors (Lipinski definition) is 28. The van der Waals surface area contributed by atoms with Crippen molar-refractivity contribution in [3.8, 4) is 0 Å². The highest BCUT2D eigenvalue weighted by Crippen LogP contribution is 2.33. The molecule has 19 amide bonds. The Kier molecular flexibility index (Phi) is 42.5. The Balaban J connectivity index is 0.713. The lowest BCUT2D eigenvalue weighted by Gasteiger charge is -2.36. The topological polar surface area (TPSA) is 769 Å². The number of hydrogen-bond donors (Lipinski definition) is 22. The zero-order valence-corrected chi connectivity index (χ0v) is 84.2. The van der Waals surface area contributed by atoms with E-state index in [1.165, 1.54) is 80.1 Å². The minimum atomic E-state index is -1.83. The van der Waals surface area contributed by atoms with Crippen molar-refractivity contribution in [1.82, 2.24) is 123 Å². The van der Waals surface area contributed by atoms with E-state index in [4.69, 9.17) is 22.6 Å². The molecular formula is C94H146N28O25. The van der Waals surface area contributed by atoms with Crippen molar-refractivity contribution in [2.75, 3.05) is 78.7 Å². The molecule has 25 N–H and O–H groups in total. The van der Waals surface area contributed by atoms with Crippen LogP contribution in [0.25, 0.3) is 0 Å². The Labute approximate surface area is 849 Å². The Hall–Kier alpha value is -13.6. The van der Waals surface area contributed by atoms with E-state index in [0.29, 0.717) is 57.1 Å². The standard InChI is InChI=1S/C94H146N28O25/c1-49(2)39-60(87(140)119-35-15-25-68(119)89(142)120-36-16-26-69(120)90(143)121-37-17-27-70(121)91(144)122-38-18-28-71(122)93(146)147)111-79(132)62(45-123)113-80(133)63(46-124)112-77(130)57(19-8-9-29-95)107-82(135)65-22-11-31-115(65)86(139)53(7)106-78(131)59(41-55-44-100-48-103-55)109-84(137)66-23-12-32-116(66)85(138)52(6)105-76(129)58(20-10-30-101-94(97)98)108-83(136)67-24-14-34-118(67)92(145)73(50(3)4)114-74(127)51(5)104-81(134)64-21-13-33-117(64)88(141)61(42-72(125)126)110-75(128)56(96)40-54-43-99-47-102-54/h43-44,47-53,56-71,73,123-124H,8-42,45-46,95-96H2,1-7H3,(H,99,102)(H,100,103)(H,104,134)(H,105,129)(H,106,131)(H,107,135)(H,108,136)(H,109,137)(H,110,128)(H,111,132)(H,112,130)(H,113,133)(H,114,127)(H,125,126)(H,146,147)(H4,97,98,101)/t51-,52-,53-,56-,57-,58-,59-,60-,61-,62-,63-,64-,65-,66-,67-,68-,69-,70-,71-,73-/m0/s1. The molecule has 53 heteroatoms. The number of nitrogens with zero attached hydrogens (tertiary/aromatic N) is 10. The highest BCUT2D eigenvalue weighted by Gasteiger charge is 2.52. The van der Waals surface area contributed by atoms with Gasteiger partial charge < -0.3 is 151 Å². The van der Waals surface area contributed by atoms with Crippen LogP contribution in [-0.4, -0.2) is 409 Å². The maximum absolute atomic E-state index is 14.7. The number of nitrogens with one attached hydrogen (secondary N) is 15. The third kappa shape index (κ3) is 30.3. The van der Waals surface area contributed by atoms with E-state index in [1.807, 2.05) is 0 Å². The number of rotatable bonds is 50. The SMILES string of the molecule is CC(C)C[C@H](NC(=O)[C@H](CO)NC(=O)[C@H](CO)NC(=O)[C@H](CCCCN)NC(=O)[C@@H]1CCCN1C(=O)[C@H](C)NC(=O)[C@H](Cc1c[nH]cn1)NC(=O)[C@@H]1CCCN1C(=O)[C@H](C)NC(=O)[C@H](CCCNC(=N)N)NC(=O)[C@@H]1CCCN1C(=O)[C@@H](NC(=O)[C@H](C)NC(=O)[C@@H]1CCCN1C(=O)[C@H](CC(=O)O)NC(=O)[C@@H](N)Cc1c[nH]cn1)C(C)C)C(=O)N1CCC[C@H]1C(=O)N1CCC[C@H]1C(=O)N1CCC[C@H]1C(=O)N1CCC[C@H]1C(=O)O. The summed E-state index contributed by atoms with van der Waals surface area (Å²) in [5, 5.41) is 79.5.